The molecule has 2 rings (SSSR count). The van der Waals surface area contributed by atoms with Gasteiger partial charge in [0.15, 0.2) is 18.2 Å². The molecular formula is C17H17FN2O3. The summed E-state index contributed by atoms with van der Waals surface area (Å²) in [6, 6.07) is 14.6. The highest BCUT2D eigenvalue weighted by molar-refractivity contribution is 5.94. The van der Waals surface area contributed by atoms with Crippen molar-refractivity contribution in [2.24, 2.45) is 0 Å². The average molecular weight is 316 g/mol. The highest BCUT2D eigenvalue weighted by atomic mass is 19.1. The van der Waals surface area contributed by atoms with E-state index in [0.29, 0.717) is 12.1 Å². The van der Waals surface area contributed by atoms with Crippen LogP contribution in [0.3, 0.4) is 0 Å². The minimum atomic E-state index is -0.518. The Kier molecular flexibility index (Phi) is 6.11. The van der Waals surface area contributed by atoms with E-state index in [4.69, 9.17) is 4.74 Å². The minimum absolute atomic E-state index is 0.0278. The van der Waals surface area contributed by atoms with Crippen LogP contribution < -0.4 is 15.4 Å². The number of amides is 2. The maximum absolute atomic E-state index is 13.3. The molecule has 0 fully saturated rings. The topological polar surface area (TPSA) is 67.4 Å². The Morgan fingerprint density at radius 1 is 0.913 bits per heavy atom. The Labute approximate surface area is 133 Å². The van der Waals surface area contributed by atoms with E-state index in [9.17, 15) is 14.0 Å². The molecule has 0 heterocycles. The summed E-state index contributed by atoms with van der Waals surface area (Å²) in [5, 5.41) is 5.26. The summed E-state index contributed by atoms with van der Waals surface area (Å²) in [4.78, 5) is 23.3. The van der Waals surface area contributed by atoms with Crippen molar-refractivity contribution in [2.45, 2.75) is 0 Å². The van der Waals surface area contributed by atoms with Gasteiger partial charge in [0.1, 0.15) is 0 Å². The van der Waals surface area contributed by atoms with E-state index in [-0.39, 0.29) is 30.7 Å². The Hall–Kier alpha value is -2.89. The van der Waals surface area contributed by atoms with Crippen LogP contribution in [0.1, 0.15) is 10.4 Å². The number of rotatable bonds is 7. The number of para-hydroxylation sites is 1. The molecule has 0 aromatic heterocycles. The zero-order valence-electron chi connectivity index (χ0n) is 12.4. The van der Waals surface area contributed by atoms with Crippen molar-refractivity contribution in [3.05, 3.63) is 66.0 Å². The number of hydrogen-bond acceptors (Lipinski definition) is 3. The van der Waals surface area contributed by atoms with Crippen LogP contribution >= 0.6 is 0 Å². The van der Waals surface area contributed by atoms with Gasteiger partial charge < -0.3 is 15.4 Å². The third-order valence-corrected chi connectivity index (χ3v) is 2.96. The highest BCUT2D eigenvalue weighted by Crippen LogP contribution is 2.14. The molecule has 120 valence electrons. The van der Waals surface area contributed by atoms with Crippen LogP contribution in [0.2, 0.25) is 0 Å². The lowest BCUT2D eigenvalue weighted by atomic mass is 10.2. The lowest BCUT2D eigenvalue weighted by Gasteiger charge is -2.09. The Morgan fingerprint density at radius 3 is 2.30 bits per heavy atom. The molecular weight excluding hydrogens is 299 g/mol. The molecule has 2 aromatic carbocycles. The maximum Gasteiger partial charge on any atom is 0.258 e. The summed E-state index contributed by atoms with van der Waals surface area (Å²) in [6.45, 7) is 0.269. The third kappa shape index (κ3) is 5.43. The number of halogens is 1. The first-order valence-electron chi connectivity index (χ1n) is 7.14. The van der Waals surface area contributed by atoms with E-state index < -0.39 is 5.82 Å². The summed E-state index contributed by atoms with van der Waals surface area (Å²) in [5.41, 5.74) is 0.557. The SMILES string of the molecule is O=C(COc1ccccc1F)NCCNC(=O)c1ccccc1. The predicted octanol–water partition coefficient (Wildman–Crippen LogP) is 1.75. The summed E-state index contributed by atoms with van der Waals surface area (Å²) in [7, 11) is 0. The van der Waals surface area contributed by atoms with Gasteiger partial charge in [0.05, 0.1) is 0 Å². The second-order valence-electron chi connectivity index (χ2n) is 4.69. The second kappa shape index (κ2) is 8.53. The van der Waals surface area contributed by atoms with Crippen molar-refractivity contribution in [2.75, 3.05) is 19.7 Å². The molecule has 23 heavy (non-hydrogen) atoms. The van der Waals surface area contributed by atoms with E-state index in [0.717, 1.165) is 0 Å². The van der Waals surface area contributed by atoms with Crippen LogP contribution in [0.4, 0.5) is 4.39 Å². The van der Waals surface area contributed by atoms with E-state index in [2.05, 4.69) is 10.6 Å². The van der Waals surface area contributed by atoms with Crippen molar-refractivity contribution in [1.82, 2.24) is 10.6 Å². The van der Waals surface area contributed by atoms with Crippen molar-refractivity contribution < 1.29 is 18.7 Å². The van der Waals surface area contributed by atoms with Gasteiger partial charge in [0.2, 0.25) is 0 Å². The molecule has 0 aliphatic heterocycles. The molecule has 0 atom stereocenters. The molecule has 0 unspecified atom stereocenters. The van der Waals surface area contributed by atoms with Crippen LogP contribution in [-0.2, 0) is 4.79 Å². The maximum atomic E-state index is 13.3. The summed E-state index contributed by atoms with van der Waals surface area (Å²) in [6.07, 6.45) is 0. The zero-order valence-corrected chi connectivity index (χ0v) is 12.4. The van der Waals surface area contributed by atoms with Gasteiger partial charge in [-0.25, -0.2) is 4.39 Å². The molecule has 0 aliphatic carbocycles. The van der Waals surface area contributed by atoms with Gasteiger partial charge in [-0.3, -0.25) is 9.59 Å². The summed E-state index contributed by atoms with van der Waals surface area (Å²) < 4.78 is 18.4. The van der Waals surface area contributed by atoms with E-state index in [1.807, 2.05) is 6.07 Å². The van der Waals surface area contributed by atoms with Crippen molar-refractivity contribution in [3.8, 4) is 5.75 Å². The van der Waals surface area contributed by atoms with E-state index in [1.165, 1.54) is 18.2 Å². The minimum Gasteiger partial charge on any atom is -0.481 e. The quantitative estimate of drug-likeness (QED) is 0.765. The number of ether oxygens (including phenoxy) is 1. The molecule has 0 bridgehead atoms. The van der Waals surface area contributed by atoms with Gasteiger partial charge in [-0.05, 0) is 24.3 Å². The number of carbonyl (C=O) groups is 2. The standard InChI is InChI=1S/C17H17FN2O3/c18-14-8-4-5-9-15(14)23-12-16(21)19-10-11-20-17(22)13-6-2-1-3-7-13/h1-9H,10-12H2,(H,19,21)(H,20,22). The smallest absolute Gasteiger partial charge is 0.258 e. The van der Waals surface area contributed by atoms with E-state index >= 15 is 0 Å². The monoisotopic (exact) mass is 316 g/mol. The van der Waals surface area contributed by atoms with Gasteiger partial charge in [-0.2, -0.15) is 0 Å². The number of hydrogen-bond donors (Lipinski definition) is 2. The van der Waals surface area contributed by atoms with Gasteiger partial charge >= 0.3 is 0 Å². The Bertz CT molecular complexity index is 662. The van der Waals surface area contributed by atoms with Crippen molar-refractivity contribution >= 4 is 11.8 Å². The lowest BCUT2D eigenvalue weighted by molar-refractivity contribution is -0.123. The lowest BCUT2D eigenvalue weighted by Crippen LogP contribution is -2.36. The first-order chi connectivity index (χ1) is 11.2. The van der Waals surface area contributed by atoms with Gasteiger partial charge in [-0.1, -0.05) is 30.3 Å². The van der Waals surface area contributed by atoms with Crippen molar-refractivity contribution in [1.29, 1.82) is 0 Å². The van der Waals surface area contributed by atoms with Gasteiger partial charge in [-0.15, -0.1) is 0 Å². The molecule has 6 heteroatoms. The highest BCUT2D eigenvalue weighted by Gasteiger charge is 2.06. The Morgan fingerprint density at radius 2 is 1.57 bits per heavy atom. The number of carbonyl (C=O) groups excluding carboxylic acids is 2. The molecule has 0 aliphatic rings. The van der Waals surface area contributed by atoms with Crippen LogP contribution in [0.5, 0.6) is 5.75 Å². The van der Waals surface area contributed by atoms with Crippen LogP contribution in [0, 0.1) is 5.82 Å². The molecule has 0 spiro atoms. The van der Waals surface area contributed by atoms with Crippen LogP contribution in [0.15, 0.2) is 54.6 Å². The van der Waals surface area contributed by atoms with E-state index in [1.54, 1.807) is 30.3 Å². The summed E-state index contributed by atoms with van der Waals surface area (Å²) >= 11 is 0. The fourth-order valence-electron chi connectivity index (χ4n) is 1.83. The van der Waals surface area contributed by atoms with Crippen LogP contribution in [0.25, 0.3) is 0 Å². The second-order valence-corrected chi connectivity index (χ2v) is 4.69. The number of benzene rings is 2. The molecule has 2 N–H and O–H groups in total. The third-order valence-electron chi connectivity index (χ3n) is 2.96. The van der Waals surface area contributed by atoms with Crippen LogP contribution in [-0.4, -0.2) is 31.5 Å². The normalized spacial score (nSPS) is 9.96. The molecule has 2 amide bonds. The average Bonchev–Trinajstić information content (AvgIpc) is 2.58. The molecule has 0 radical (unpaired) electrons. The molecule has 0 saturated carbocycles. The molecule has 0 saturated heterocycles. The zero-order chi connectivity index (χ0) is 16.5. The first-order valence-corrected chi connectivity index (χ1v) is 7.14. The summed E-state index contributed by atoms with van der Waals surface area (Å²) in [5.74, 6) is -1.08. The number of nitrogens with one attached hydrogen (secondary N) is 2. The largest absolute Gasteiger partial charge is 0.481 e. The van der Waals surface area contributed by atoms with Crippen molar-refractivity contribution in [3.63, 3.8) is 0 Å². The Balaban J connectivity index is 1.63. The predicted molar refractivity (Wildman–Crippen MR) is 83.7 cm³/mol. The fourth-order valence-corrected chi connectivity index (χ4v) is 1.83. The first kappa shape index (κ1) is 16.5. The van der Waals surface area contributed by atoms with Gasteiger partial charge in [0, 0.05) is 18.7 Å². The fraction of sp³-hybridized carbons (Fsp3) is 0.176. The van der Waals surface area contributed by atoms with Gasteiger partial charge in [0.25, 0.3) is 11.8 Å². The molecule has 2 aromatic rings. The molecule has 5 nitrogen and oxygen atoms in total.